The third-order valence-electron chi connectivity index (χ3n) is 2.00. The SMILES string of the molecule is CC(CS)c1ccccc1C(=O)O. The van der Waals surface area contributed by atoms with Crippen LogP contribution in [0.3, 0.4) is 0 Å². The Bertz CT molecular complexity index is 310. The molecule has 0 heterocycles. The topological polar surface area (TPSA) is 37.3 Å². The largest absolute Gasteiger partial charge is 0.478 e. The van der Waals surface area contributed by atoms with E-state index in [0.717, 1.165) is 5.56 Å². The Morgan fingerprint density at radius 3 is 2.69 bits per heavy atom. The summed E-state index contributed by atoms with van der Waals surface area (Å²) in [5, 5.41) is 8.89. The van der Waals surface area contributed by atoms with E-state index in [4.69, 9.17) is 5.11 Å². The summed E-state index contributed by atoms with van der Waals surface area (Å²) in [5.41, 5.74) is 1.23. The Morgan fingerprint density at radius 1 is 1.54 bits per heavy atom. The molecule has 0 saturated carbocycles. The molecule has 2 nitrogen and oxygen atoms in total. The van der Waals surface area contributed by atoms with Crippen molar-refractivity contribution in [3.05, 3.63) is 35.4 Å². The summed E-state index contributed by atoms with van der Waals surface area (Å²) in [4.78, 5) is 10.8. The fourth-order valence-electron chi connectivity index (χ4n) is 1.22. The van der Waals surface area contributed by atoms with Crippen LogP contribution in [0.25, 0.3) is 0 Å². The summed E-state index contributed by atoms with van der Waals surface area (Å²) < 4.78 is 0. The standard InChI is InChI=1S/C10H12O2S/c1-7(6-13)8-4-2-3-5-9(8)10(11)12/h2-5,7,13H,6H2,1H3,(H,11,12). The molecule has 1 unspecified atom stereocenters. The van der Waals surface area contributed by atoms with Gasteiger partial charge in [0.2, 0.25) is 0 Å². The van der Waals surface area contributed by atoms with Gasteiger partial charge in [-0.3, -0.25) is 0 Å². The second kappa shape index (κ2) is 4.33. The molecule has 0 aromatic heterocycles. The van der Waals surface area contributed by atoms with E-state index in [2.05, 4.69) is 12.6 Å². The van der Waals surface area contributed by atoms with Gasteiger partial charge in [-0.25, -0.2) is 4.79 Å². The first-order chi connectivity index (χ1) is 6.16. The van der Waals surface area contributed by atoms with Crippen LogP contribution >= 0.6 is 12.6 Å². The Balaban J connectivity index is 3.11. The van der Waals surface area contributed by atoms with E-state index in [1.54, 1.807) is 12.1 Å². The Kier molecular flexibility index (Phi) is 3.37. The van der Waals surface area contributed by atoms with E-state index >= 15 is 0 Å². The summed E-state index contributed by atoms with van der Waals surface area (Å²) in [6, 6.07) is 7.04. The van der Waals surface area contributed by atoms with E-state index in [-0.39, 0.29) is 5.92 Å². The number of hydrogen-bond donors (Lipinski definition) is 2. The molecule has 70 valence electrons. The molecule has 0 aliphatic rings. The summed E-state index contributed by atoms with van der Waals surface area (Å²) in [7, 11) is 0. The number of aromatic carboxylic acids is 1. The van der Waals surface area contributed by atoms with Crippen LogP contribution in [0.1, 0.15) is 28.8 Å². The van der Waals surface area contributed by atoms with Gasteiger partial charge in [0.05, 0.1) is 5.56 Å². The molecule has 1 rings (SSSR count). The van der Waals surface area contributed by atoms with Crippen molar-refractivity contribution in [1.29, 1.82) is 0 Å². The highest BCUT2D eigenvalue weighted by Crippen LogP contribution is 2.20. The van der Waals surface area contributed by atoms with Crippen LogP contribution in [-0.4, -0.2) is 16.8 Å². The molecule has 1 aromatic carbocycles. The number of hydrogen-bond acceptors (Lipinski definition) is 2. The maximum Gasteiger partial charge on any atom is 0.335 e. The minimum absolute atomic E-state index is 0.177. The molecule has 13 heavy (non-hydrogen) atoms. The third kappa shape index (κ3) is 2.25. The minimum Gasteiger partial charge on any atom is -0.478 e. The smallest absolute Gasteiger partial charge is 0.335 e. The second-order valence-electron chi connectivity index (χ2n) is 2.98. The van der Waals surface area contributed by atoms with Crippen molar-refractivity contribution in [2.75, 3.05) is 5.75 Å². The monoisotopic (exact) mass is 196 g/mol. The predicted molar refractivity (Wildman–Crippen MR) is 55.7 cm³/mol. The molecule has 1 N–H and O–H groups in total. The average Bonchev–Trinajstić information content (AvgIpc) is 2.16. The molecular weight excluding hydrogens is 184 g/mol. The summed E-state index contributed by atoms with van der Waals surface area (Å²) in [5.74, 6) is -0.0375. The zero-order chi connectivity index (χ0) is 9.84. The van der Waals surface area contributed by atoms with Crippen molar-refractivity contribution in [2.24, 2.45) is 0 Å². The lowest BCUT2D eigenvalue weighted by Gasteiger charge is -2.10. The number of carbonyl (C=O) groups is 1. The van der Waals surface area contributed by atoms with Gasteiger partial charge in [0.15, 0.2) is 0 Å². The average molecular weight is 196 g/mol. The molecule has 0 amide bonds. The van der Waals surface area contributed by atoms with Gasteiger partial charge in [-0.05, 0) is 23.3 Å². The molecule has 0 spiro atoms. The summed E-state index contributed by atoms with van der Waals surface area (Å²) in [6.07, 6.45) is 0. The van der Waals surface area contributed by atoms with Gasteiger partial charge in [-0.2, -0.15) is 12.6 Å². The molecule has 3 heteroatoms. The Labute approximate surface area is 83.0 Å². The number of carboxylic acid groups (broad SMARTS) is 1. The lowest BCUT2D eigenvalue weighted by Crippen LogP contribution is -2.05. The highest BCUT2D eigenvalue weighted by molar-refractivity contribution is 7.80. The Morgan fingerprint density at radius 2 is 2.15 bits per heavy atom. The molecule has 0 aliphatic heterocycles. The minimum atomic E-state index is -0.871. The van der Waals surface area contributed by atoms with E-state index < -0.39 is 5.97 Å². The molecule has 0 fully saturated rings. The zero-order valence-corrected chi connectivity index (χ0v) is 8.29. The highest BCUT2D eigenvalue weighted by Gasteiger charge is 2.12. The van der Waals surface area contributed by atoms with Gasteiger partial charge in [-0.15, -0.1) is 0 Å². The number of carboxylic acids is 1. The summed E-state index contributed by atoms with van der Waals surface area (Å²) >= 11 is 4.15. The first kappa shape index (κ1) is 10.1. The maximum absolute atomic E-state index is 10.8. The lowest BCUT2D eigenvalue weighted by molar-refractivity contribution is 0.0695. The second-order valence-corrected chi connectivity index (χ2v) is 3.34. The van der Waals surface area contributed by atoms with E-state index in [1.165, 1.54) is 0 Å². The number of rotatable bonds is 3. The van der Waals surface area contributed by atoms with Crippen molar-refractivity contribution >= 4 is 18.6 Å². The third-order valence-corrected chi connectivity index (χ3v) is 2.54. The van der Waals surface area contributed by atoms with Gasteiger partial charge < -0.3 is 5.11 Å². The van der Waals surface area contributed by atoms with Crippen LogP contribution < -0.4 is 0 Å². The fourth-order valence-corrected chi connectivity index (χ4v) is 1.42. The van der Waals surface area contributed by atoms with Gasteiger partial charge in [-0.1, -0.05) is 25.1 Å². The maximum atomic E-state index is 10.8. The molecular formula is C10H12O2S. The summed E-state index contributed by atoms with van der Waals surface area (Å²) in [6.45, 7) is 1.97. The van der Waals surface area contributed by atoms with Crippen molar-refractivity contribution in [3.8, 4) is 0 Å². The van der Waals surface area contributed by atoms with Gasteiger partial charge in [0.1, 0.15) is 0 Å². The van der Waals surface area contributed by atoms with Gasteiger partial charge in [0.25, 0.3) is 0 Å². The van der Waals surface area contributed by atoms with Crippen LogP contribution in [-0.2, 0) is 0 Å². The number of benzene rings is 1. The van der Waals surface area contributed by atoms with Crippen LogP contribution in [0.4, 0.5) is 0 Å². The van der Waals surface area contributed by atoms with Gasteiger partial charge >= 0.3 is 5.97 Å². The Hall–Kier alpha value is -0.960. The molecule has 0 aliphatic carbocycles. The quantitative estimate of drug-likeness (QED) is 0.728. The molecule has 0 saturated heterocycles. The molecule has 1 aromatic rings. The first-order valence-corrected chi connectivity index (χ1v) is 4.73. The first-order valence-electron chi connectivity index (χ1n) is 4.10. The predicted octanol–water partition coefficient (Wildman–Crippen LogP) is 2.42. The van der Waals surface area contributed by atoms with Gasteiger partial charge in [0, 0.05) is 0 Å². The highest BCUT2D eigenvalue weighted by atomic mass is 32.1. The van der Waals surface area contributed by atoms with Crippen LogP contribution in [0.5, 0.6) is 0 Å². The van der Waals surface area contributed by atoms with Crippen LogP contribution in [0, 0.1) is 0 Å². The van der Waals surface area contributed by atoms with E-state index in [9.17, 15) is 4.79 Å². The van der Waals surface area contributed by atoms with Crippen molar-refractivity contribution < 1.29 is 9.90 Å². The van der Waals surface area contributed by atoms with E-state index in [1.807, 2.05) is 19.1 Å². The van der Waals surface area contributed by atoms with Crippen molar-refractivity contribution in [2.45, 2.75) is 12.8 Å². The normalized spacial score (nSPS) is 12.5. The fraction of sp³-hybridized carbons (Fsp3) is 0.300. The van der Waals surface area contributed by atoms with Crippen LogP contribution in [0.15, 0.2) is 24.3 Å². The molecule has 0 bridgehead atoms. The van der Waals surface area contributed by atoms with Crippen LogP contribution in [0.2, 0.25) is 0 Å². The molecule has 1 atom stereocenters. The lowest BCUT2D eigenvalue weighted by atomic mass is 9.97. The molecule has 0 radical (unpaired) electrons. The van der Waals surface area contributed by atoms with Crippen molar-refractivity contribution in [1.82, 2.24) is 0 Å². The zero-order valence-electron chi connectivity index (χ0n) is 7.40. The van der Waals surface area contributed by atoms with Crippen molar-refractivity contribution in [3.63, 3.8) is 0 Å². The van der Waals surface area contributed by atoms with E-state index in [0.29, 0.717) is 11.3 Å². The number of thiol groups is 1.